The number of hydrogen-bond acceptors (Lipinski definition) is 1. The van der Waals surface area contributed by atoms with Crippen LogP contribution in [-0.4, -0.2) is 5.51 Å². The molecular weight excluding hydrogens is 305 g/mol. The van der Waals surface area contributed by atoms with Crippen molar-refractivity contribution in [2.45, 2.75) is 58.4 Å². The van der Waals surface area contributed by atoms with Crippen LogP contribution < -0.4 is 0 Å². The summed E-state index contributed by atoms with van der Waals surface area (Å²) in [4.78, 5) is 0.0298. The Morgan fingerprint density at radius 2 is 1.75 bits per heavy atom. The molecule has 0 heterocycles. The third-order valence-electron chi connectivity index (χ3n) is 2.46. The van der Waals surface area contributed by atoms with Crippen molar-refractivity contribution in [3.8, 4) is 0 Å². The highest BCUT2D eigenvalue weighted by Gasteiger charge is 2.29. The quantitative estimate of drug-likeness (QED) is 0.336. The van der Waals surface area contributed by atoms with Crippen molar-refractivity contribution in [1.82, 2.24) is 0 Å². The van der Waals surface area contributed by atoms with Crippen LogP contribution in [0.3, 0.4) is 0 Å². The van der Waals surface area contributed by atoms with Crippen LogP contribution >= 0.6 is 23.4 Å². The highest BCUT2D eigenvalue weighted by molar-refractivity contribution is 8.04. The van der Waals surface area contributed by atoms with Gasteiger partial charge in [0, 0.05) is 10.4 Å². The molecule has 0 fully saturated rings. The minimum Gasteiger partial charge on any atom is -0.160 e. The Kier molecular flexibility index (Phi) is 10.2. The third kappa shape index (κ3) is 11.5. The summed E-state index contributed by atoms with van der Waals surface area (Å²) in [6.07, 6.45) is 8.59. The molecule has 0 unspecified atom stereocenters. The fourth-order valence-electron chi connectivity index (χ4n) is 1.71. The van der Waals surface area contributed by atoms with Crippen molar-refractivity contribution >= 4 is 23.4 Å². The van der Waals surface area contributed by atoms with E-state index in [9.17, 15) is 13.2 Å². The van der Waals surface area contributed by atoms with Gasteiger partial charge in [0.15, 0.2) is 0 Å². The van der Waals surface area contributed by atoms with E-state index in [2.05, 4.69) is 6.92 Å². The maximum atomic E-state index is 12.4. The molecule has 116 valence electrons. The highest BCUT2D eigenvalue weighted by atomic mass is 35.5. The summed E-state index contributed by atoms with van der Waals surface area (Å²) in [5, 5.41) is 0. The molecule has 0 bridgehead atoms. The first-order valence-corrected chi connectivity index (χ1v) is 7.95. The first-order chi connectivity index (χ1) is 9.28. The fourth-order valence-corrected chi connectivity index (χ4v) is 2.43. The average Bonchev–Trinajstić information content (AvgIpc) is 2.31. The molecule has 20 heavy (non-hydrogen) atoms. The van der Waals surface area contributed by atoms with Crippen LogP contribution in [0.4, 0.5) is 13.2 Å². The zero-order valence-corrected chi connectivity index (χ0v) is 13.8. The largest absolute Gasteiger partial charge is 0.446 e. The van der Waals surface area contributed by atoms with Crippen molar-refractivity contribution in [3.63, 3.8) is 0 Å². The Hall–Kier alpha value is -0.350. The number of unbranched alkanes of at least 4 members (excludes halogenated alkanes) is 3. The van der Waals surface area contributed by atoms with E-state index in [1.807, 2.05) is 19.9 Å². The van der Waals surface area contributed by atoms with Crippen LogP contribution in [0.25, 0.3) is 0 Å². The Morgan fingerprint density at radius 1 is 1.10 bits per heavy atom. The van der Waals surface area contributed by atoms with E-state index in [1.165, 1.54) is 6.08 Å². The Labute approximate surface area is 129 Å². The first kappa shape index (κ1) is 19.7. The second kappa shape index (κ2) is 10.4. The molecule has 0 aromatic rings. The van der Waals surface area contributed by atoms with E-state index in [4.69, 9.17) is 11.6 Å². The monoisotopic (exact) mass is 326 g/mol. The normalized spacial score (nSPS) is 13.6. The van der Waals surface area contributed by atoms with E-state index in [0.29, 0.717) is 0 Å². The maximum Gasteiger partial charge on any atom is 0.446 e. The summed E-state index contributed by atoms with van der Waals surface area (Å²) in [6, 6.07) is 0. The maximum absolute atomic E-state index is 12.4. The van der Waals surface area contributed by atoms with Gasteiger partial charge in [-0.2, -0.15) is 13.2 Å². The molecule has 0 rings (SSSR count). The van der Waals surface area contributed by atoms with Gasteiger partial charge in [0.25, 0.3) is 0 Å². The molecule has 0 aliphatic carbocycles. The van der Waals surface area contributed by atoms with Gasteiger partial charge < -0.3 is 0 Å². The minimum absolute atomic E-state index is 0.0298. The highest BCUT2D eigenvalue weighted by Crippen LogP contribution is 2.38. The summed E-state index contributed by atoms with van der Waals surface area (Å²) < 4.78 is 37.1. The lowest BCUT2D eigenvalue weighted by Gasteiger charge is -2.08. The lowest BCUT2D eigenvalue weighted by atomic mass is 10.0. The van der Waals surface area contributed by atoms with E-state index < -0.39 is 5.51 Å². The van der Waals surface area contributed by atoms with Gasteiger partial charge in [0.2, 0.25) is 0 Å². The Morgan fingerprint density at radius 3 is 2.20 bits per heavy atom. The van der Waals surface area contributed by atoms with Crippen LogP contribution in [0, 0.1) is 0 Å². The van der Waals surface area contributed by atoms with Gasteiger partial charge in [-0.15, -0.1) is 0 Å². The van der Waals surface area contributed by atoms with E-state index in [-0.39, 0.29) is 16.7 Å². The third-order valence-corrected chi connectivity index (χ3v) is 3.53. The molecule has 0 aliphatic heterocycles. The van der Waals surface area contributed by atoms with Gasteiger partial charge in [-0.3, -0.25) is 0 Å². The zero-order valence-electron chi connectivity index (χ0n) is 12.2. The van der Waals surface area contributed by atoms with Gasteiger partial charge in [0.05, 0.1) is 0 Å². The summed E-state index contributed by atoms with van der Waals surface area (Å²) in [5.41, 5.74) is -1.36. The molecule has 0 saturated heterocycles. The second-order valence-corrected chi connectivity index (χ2v) is 6.17. The standard InChI is InChI=1S/C15H22ClF3S/c1-4-5-6-7-8-13(9-12(2)3)10-14(11-16)20-15(17,18)19/h9-11H,4-8H2,1-3H3/b13-10-,14-11-. The average molecular weight is 327 g/mol. The summed E-state index contributed by atoms with van der Waals surface area (Å²) in [7, 11) is 0. The second-order valence-electron chi connectivity index (χ2n) is 4.81. The first-order valence-electron chi connectivity index (χ1n) is 6.70. The predicted molar refractivity (Wildman–Crippen MR) is 83.9 cm³/mol. The van der Waals surface area contributed by atoms with Crippen molar-refractivity contribution in [2.24, 2.45) is 0 Å². The molecule has 0 spiro atoms. The summed E-state index contributed by atoms with van der Waals surface area (Å²) in [5.74, 6) is 0. The lowest BCUT2D eigenvalue weighted by Crippen LogP contribution is -1.99. The SMILES string of the molecule is CCCCCC/C(C=C(C)C)=C/C(=C/Cl)SC(F)(F)F. The number of allylic oxidation sites excluding steroid dienone is 4. The van der Waals surface area contributed by atoms with Gasteiger partial charge >= 0.3 is 5.51 Å². The fraction of sp³-hybridized carbons (Fsp3) is 0.600. The van der Waals surface area contributed by atoms with Crippen LogP contribution in [-0.2, 0) is 0 Å². The molecule has 5 heteroatoms. The molecule has 0 aliphatic rings. The summed E-state index contributed by atoms with van der Waals surface area (Å²) >= 11 is 5.31. The van der Waals surface area contributed by atoms with Gasteiger partial charge in [-0.1, -0.05) is 49.4 Å². The van der Waals surface area contributed by atoms with Gasteiger partial charge in [-0.25, -0.2) is 0 Å². The number of rotatable bonds is 8. The number of thioether (sulfide) groups is 1. The molecule has 0 aromatic carbocycles. The molecule has 0 saturated carbocycles. The summed E-state index contributed by atoms with van der Waals surface area (Å²) in [6.45, 7) is 5.99. The molecule has 0 N–H and O–H groups in total. The number of alkyl halides is 3. The van der Waals surface area contributed by atoms with Crippen LogP contribution in [0.5, 0.6) is 0 Å². The minimum atomic E-state index is -4.31. The Balaban J connectivity index is 4.82. The van der Waals surface area contributed by atoms with Crippen LogP contribution in [0.2, 0.25) is 0 Å². The number of hydrogen-bond donors (Lipinski definition) is 0. The smallest absolute Gasteiger partial charge is 0.160 e. The predicted octanol–water partition coefficient (Wildman–Crippen LogP) is 7.18. The van der Waals surface area contributed by atoms with Crippen molar-refractivity contribution < 1.29 is 13.2 Å². The van der Waals surface area contributed by atoms with Crippen LogP contribution in [0.15, 0.2) is 33.7 Å². The topological polar surface area (TPSA) is 0 Å². The molecule has 0 amide bonds. The van der Waals surface area contributed by atoms with Crippen LogP contribution in [0.1, 0.15) is 52.9 Å². The molecule has 0 nitrogen and oxygen atoms in total. The molecular formula is C15H22ClF3S. The molecule has 0 atom stereocenters. The van der Waals surface area contributed by atoms with E-state index in [1.54, 1.807) is 0 Å². The van der Waals surface area contributed by atoms with E-state index in [0.717, 1.165) is 48.8 Å². The van der Waals surface area contributed by atoms with Crippen molar-refractivity contribution in [2.75, 3.05) is 0 Å². The molecule has 0 aromatic heterocycles. The lowest BCUT2D eigenvalue weighted by molar-refractivity contribution is -0.0321. The Bertz CT molecular complexity index is 364. The molecule has 0 radical (unpaired) electrons. The number of halogens is 4. The van der Waals surface area contributed by atoms with Crippen molar-refractivity contribution in [1.29, 1.82) is 0 Å². The van der Waals surface area contributed by atoms with Gasteiger partial charge in [-0.05, 0) is 50.1 Å². The van der Waals surface area contributed by atoms with Gasteiger partial charge in [0.1, 0.15) is 0 Å². The van der Waals surface area contributed by atoms with E-state index >= 15 is 0 Å². The zero-order chi connectivity index (χ0) is 15.6. The van der Waals surface area contributed by atoms with Crippen molar-refractivity contribution in [3.05, 3.63) is 33.7 Å².